The van der Waals surface area contributed by atoms with Crippen molar-refractivity contribution in [3.05, 3.63) is 59.6 Å². The van der Waals surface area contributed by atoms with Crippen molar-refractivity contribution in [2.75, 3.05) is 0 Å². The molecule has 0 unspecified atom stereocenters. The van der Waals surface area contributed by atoms with E-state index in [-0.39, 0.29) is 23.2 Å². The summed E-state index contributed by atoms with van der Waals surface area (Å²) in [4.78, 5) is 0. The van der Waals surface area contributed by atoms with Crippen molar-refractivity contribution in [1.29, 1.82) is 0 Å². The van der Waals surface area contributed by atoms with Crippen molar-refractivity contribution in [2.24, 2.45) is 5.92 Å². The maximum Gasteiger partial charge on any atom is 0.124 e. The molecule has 1 aliphatic rings. The van der Waals surface area contributed by atoms with Gasteiger partial charge in [-0.1, -0.05) is 31.2 Å². The van der Waals surface area contributed by atoms with E-state index in [2.05, 4.69) is 0 Å². The van der Waals surface area contributed by atoms with Crippen LogP contribution in [0, 0.1) is 5.92 Å². The van der Waals surface area contributed by atoms with Crippen LogP contribution in [0.15, 0.2) is 54.0 Å². The van der Waals surface area contributed by atoms with Gasteiger partial charge in [-0.15, -0.1) is 0 Å². The van der Waals surface area contributed by atoms with E-state index in [0.717, 1.165) is 10.8 Å². The highest BCUT2D eigenvalue weighted by molar-refractivity contribution is 5.92. The Bertz CT molecular complexity index is 741. The quantitative estimate of drug-likeness (QED) is 0.722. The van der Waals surface area contributed by atoms with Gasteiger partial charge in [-0.25, -0.2) is 0 Å². The van der Waals surface area contributed by atoms with Gasteiger partial charge in [0.05, 0.1) is 5.57 Å². The van der Waals surface area contributed by atoms with Gasteiger partial charge in [0.1, 0.15) is 17.3 Å². The fraction of sp³-hybridized carbons (Fsp3) is 0.176. The molecule has 3 N–H and O–H groups in total. The molecule has 0 fully saturated rings. The molecule has 3 nitrogen and oxygen atoms in total. The average Bonchev–Trinajstić information content (AvgIpc) is 2.44. The van der Waals surface area contributed by atoms with Crippen LogP contribution in [0.4, 0.5) is 0 Å². The van der Waals surface area contributed by atoms with E-state index in [9.17, 15) is 15.3 Å². The number of aliphatic hydroxyl groups is 2. The van der Waals surface area contributed by atoms with Gasteiger partial charge in [0.25, 0.3) is 0 Å². The van der Waals surface area contributed by atoms with Crippen LogP contribution in [-0.2, 0) is 0 Å². The molecule has 0 saturated heterocycles. The van der Waals surface area contributed by atoms with Gasteiger partial charge in [-0.3, -0.25) is 0 Å². The van der Waals surface area contributed by atoms with Crippen LogP contribution < -0.4 is 0 Å². The summed E-state index contributed by atoms with van der Waals surface area (Å²) < 4.78 is 0. The largest absolute Gasteiger partial charge is 0.511 e. The van der Waals surface area contributed by atoms with E-state index in [1.165, 1.54) is 0 Å². The zero-order valence-electron chi connectivity index (χ0n) is 11.2. The Morgan fingerprint density at radius 3 is 2.35 bits per heavy atom. The fourth-order valence-electron chi connectivity index (χ4n) is 2.58. The molecule has 0 spiro atoms. The second-order valence-electron chi connectivity index (χ2n) is 5.20. The molecule has 20 heavy (non-hydrogen) atoms. The molecule has 2 aromatic carbocycles. The monoisotopic (exact) mass is 268 g/mol. The average molecular weight is 268 g/mol. The van der Waals surface area contributed by atoms with Crippen LogP contribution in [0.2, 0.25) is 0 Å². The van der Waals surface area contributed by atoms with E-state index < -0.39 is 0 Å². The molecule has 102 valence electrons. The van der Waals surface area contributed by atoms with E-state index in [0.29, 0.717) is 17.6 Å². The van der Waals surface area contributed by atoms with Crippen molar-refractivity contribution in [3.8, 4) is 5.75 Å². The maximum atomic E-state index is 10.2. The number of aromatic hydroxyl groups is 1. The summed E-state index contributed by atoms with van der Waals surface area (Å²) in [5.41, 5.74) is 0.786. The lowest BCUT2D eigenvalue weighted by atomic mass is 9.88. The number of benzene rings is 2. The number of fused-ring (bicyclic) bond motifs is 1. The molecule has 0 aliphatic heterocycles. The lowest BCUT2D eigenvalue weighted by Crippen LogP contribution is -2.08. The van der Waals surface area contributed by atoms with Gasteiger partial charge < -0.3 is 15.3 Å². The van der Waals surface area contributed by atoms with Gasteiger partial charge >= 0.3 is 0 Å². The number of aliphatic hydroxyl groups excluding tert-OH is 2. The Kier molecular flexibility index (Phi) is 2.90. The van der Waals surface area contributed by atoms with E-state index in [1.54, 1.807) is 18.2 Å². The first kappa shape index (κ1) is 12.6. The predicted octanol–water partition coefficient (Wildman–Crippen LogP) is 4.30. The number of hydrogen-bond donors (Lipinski definition) is 3. The van der Waals surface area contributed by atoms with E-state index in [4.69, 9.17) is 0 Å². The summed E-state index contributed by atoms with van der Waals surface area (Å²) in [6.45, 7) is 1.89. The first-order valence-corrected chi connectivity index (χ1v) is 6.62. The molecule has 1 atom stereocenters. The van der Waals surface area contributed by atoms with Gasteiger partial charge in [-0.05, 0) is 35.4 Å². The third-order valence-electron chi connectivity index (χ3n) is 3.78. The normalized spacial score (nSPS) is 19.2. The highest BCUT2D eigenvalue weighted by atomic mass is 16.3. The summed E-state index contributed by atoms with van der Waals surface area (Å²) in [6.07, 6.45) is 2.27. The number of phenols is 1. The summed E-state index contributed by atoms with van der Waals surface area (Å²) in [6, 6.07) is 11.1. The van der Waals surface area contributed by atoms with E-state index >= 15 is 0 Å². The highest BCUT2D eigenvalue weighted by Crippen LogP contribution is 2.39. The maximum absolute atomic E-state index is 10.2. The van der Waals surface area contributed by atoms with Crippen LogP contribution in [0.25, 0.3) is 16.3 Å². The third-order valence-corrected chi connectivity index (χ3v) is 3.78. The zero-order valence-corrected chi connectivity index (χ0v) is 11.2. The topological polar surface area (TPSA) is 60.7 Å². The standard InChI is InChI=1S/C17H16O3/c1-10-6-7-14(18)16(17(10)20)13-8-11-4-2-3-5-12(11)9-15(13)19/h2-5,7-10,18-20H,6H2,1H3/t10-/m0/s1. The van der Waals surface area contributed by atoms with Gasteiger partial charge in [0, 0.05) is 11.5 Å². The molecule has 1 aliphatic carbocycles. The molecular formula is C17H16O3. The lowest BCUT2D eigenvalue weighted by molar-refractivity contribution is 0.327. The van der Waals surface area contributed by atoms with Crippen molar-refractivity contribution in [2.45, 2.75) is 13.3 Å². The van der Waals surface area contributed by atoms with E-state index in [1.807, 2.05) is 31.2 Å². The molecule has 3 rings (SSSR count). The first-order valence-electron chi connectivity index (χ1n) is 6.62. The van der Waals surface area contributed by atoms with Crippen molar-refractivity contribution in [3.63, 3.8) is 0 Å². The Balaban J connectivity index is 2.26. The van der Waals surface area contributed by atoms with Crippen molar-refractivity contribution in [1.82, 2.24) is 0 Å². The molecule has 0 amide bonds. The molecular weight excluding hydrogens is 252 g/mol. The lowest BCUT2D eigenvalue weighted by Gasteiger charge is -2.21. The van der Waals surface area contributed by atoms with Crippen LogP contribution in [0.3, 0.4) is 0 Å². The number of rotatable bonds is 1. The molecule has 0 bridgehead atoms. The molecule has 2 aromatic rings. The smallest absolute Gasteiger partial charge is 0.124 e. The van der Waals surface area contributed by atoms with Gasteiger partial charge in [0.2, 0.25) is 0 Å². The highest BCUT2D eigenvalue weighted by Gasteiger charge is 2.24. The molecule has 0 aromatic heterocycles. The molecule has 3 heteroatoms. The molecule has 0 heterocycles. The first-order chi connectivity index (χ1) is 9.58. The molecule has 0 saturated carbocycles. The minimum atomic E-state index is -0.0632. The van der Waals surface area contributed by atoms with Crippen LogP contribution in [0.1, 0.15) is 18.9 Å². The third kappa shape index (κ3) is 1.92. The number of phenolic OH excluding ortho intramolecular Hbond substituents is 1. The van der Waals surface area contributed by atoms with Crippen molar-refractivity contribution < 1.29 is 15.3 Å². The second kappa shape index (κ2) is 4.60. The van der Waals surface area contributed by atoms with Gasteiger partial charge in [0.15, 0.2) is 0 Å². The summed E-state index contributed by atoms with van der Waals surface area (Å²) in [5.74, 6) is 0.132. The Labute approximate surface area is 117 Å². The zero-order chi connectivity index (χ0) is 14.3. The summed E-state index contributed by atoms with van der Waals surface area (Å²) in [5, 5.41) is 32.3. The van der Waals surface area contributed by atoms with Gasteiger partial charge in [-0.2, -0.15) is 0 Å². The minimum absolute atomic E-state index is 0.0196. The predicted molar refractivity (Wildman–Crippen MR) is 79.7 cm³/mol. The number of allylic oxidation sites excluding steroid dienone is 3. The van der Waals surface area contributed by atoms with Crippen LogP contribution >= 0.6 is 0 Å². The Hall–Kier alpha value is -2.42. The number of hydrogen-bond acceptors (Lipinski definition) is 3. The summed E-state index contributed by atoms with van der Waals surface area (Å²) in [7, 11) is 0. The van der Waals surface area contributed by atoms with Crippen LogP contribution in [-0.4, -0.2) is 15.3 Å². The Morgan fingerprint density at radius 2 is 1.65 bits per heavy atom. The van der Waals surface area contributed by atoms with Crippen LogP contribution in [0.5, 0.6) is 5.75 Å². The summed E-state index contributed by atoms with van der Waals surface area (Å²) >= 11 is 0. The fourth-order valence-corrected chi connectivity index (χ4v) is 2.58. The minimum Gasteiger partial charge on any atom is -0.511 e. The molecule has 0 radical (unpaired) electrons. The van der Waals surface area contributed by atoms with Crippen molar-refractivity contribution >= 4 is 16.3 Å². The SMILES string of the molecule is C[C@H]1CC=C(O)C(c2cc3ccccc3cc2O)=C1O. The Morgan fingerprint density at radius 1 is 1.00 bits per heavy atom. The second-order valence-corrected chi connectivity index (χ2v) is 5.20.